The van der Waals surface area contributed by atoms with Crippen LogP contribution in [0.5, 0.6) is 28.7 Å². The molecule has 0 aliphatic carbocycles. The molecule has 1 amide bonds. The maximum absolute atomic E-state index is 13.2. The highest BCUT2D eigenvalue weighted by Gasteiger charge is 2.38. The summed E-state index contributed by atoms with van der Waals surface area (Å²) in [7, 11) is 1.44. The molecule has 36 heavy (non-hydrogen) atoms. The molecular formula is C27H21NO8. The molecule has 0 aromatic heterocycles. The lowest BCUT2D eigenvalue weighted by molar-refractivity contribution is -0.135. The Morgan fingerprint density at radius 2 is 1.97 bits per heavy atom. The van der Waals surface area contributed by atoms with Crippen LogP contribution >= 0.6 is 0 Å². The van der Waals surface area contributed by atoms with Crippen molar-refractivity contribution in [1.82, 2.24) is 0 Å². The maximum atomic E-state index is 13.2. The van der Waals surface area contributed by atoms with Crippen molar-refractivity contribution in [2.75, 3.05) is 13.7 Å². The summed E-state index contributed by atoms with van der Waals surface area (Å²) in [6.07, 6.45) is 1.54. The number of methoxy groups -OCH3 is 1. The Balaban J connectivity index is 1.54. The Kier molecular flexibility index (Phi) is 5.81. The Labute approximate surface area is 205 Å². The van der Waals surface area contributed by atoms with E-state index in [1.54, 1.807) is 42.5 Å². The van der Waals surface area contributed by atoms with Gasteiger partial charge in [-0.1, -0.05) is 18.2 Å². The number of rotatable bonds is 6. The third kappa shape index (κ3) is 4.22. The van der Waals surface area contributed by atoms with Crippen molar-refractivity contribution in [3.05, 3.63) is 82.6 Å². The molecule has 2 heterocycles. The molecule has 5 rings (SSSR count). The third-order valence-electron chi connectivity index (χ3n) is 5.92. The molecule has 0 spiro atoms. The number of allylic oxidation sites excluding steroid dienone is 1. The number of ketones is 1. The number of phenolic OH excluding ortho intramolecular Hbond substituents is 1. The smallest absolute Gasteiger partial charge is 0.312 e. The lowest BCUT2D eigenvalue weighted by Gasteiger charge is -2.26. The lowest BCUT2D eigenvalue weighted by Crippen LogP contribution is -2.22. The van der Waals surface area contributed by atoms with Crippen LogP contribution in [0, 0.1) is 0 Å². The fourth-order valence-electron chi connectivity index (χ4n) is 4.31. The number of Topliss-reactive ketones (excluding diaryl/α,β-unsaturated/α-hetero) is 1. The molecule has 0 radical (unpaired) electrons. The monoisotopic (exact) mass is 487 g/mol. The van der Waals surface area contributed by atoms with Crippen LogP contribution in [-0.2, 0) is 9.59 Å². The van der Waals surface area contributed by atoms with Crippen molar-refractivity contribution >= 4 is 23.7 Å². The number of ether oxygens (including phenoxy) is 4. The maximum Gasteiger partial charge on any atom is 0.312 e. The predicted octanol–water partition coefficient (Wildman–Crippen LogP) is 3.32. The first kappa shape index (κ1) is 23.0. The summed E-state index contributed by atoms with van der Waals surface area (Å²) in [6, 6.07) is 14.8. The summed E-state index contributed by atoms with van der Waals surface area (Å²) >= 11 is 0. The third-order valence-corrected chi connectivity index (χ3v) is 5.92. The zero-order valence-corrected chi connectivity index (χ0v) is 19.1. The molecule has 3 aromatic rings. The highest BCUT2D eigenvalue weighted by Crippen LogP contribution is 2.49. The summed E-state index contributed by atoms with van der Waals surface area (Å²) in [5.41, 5.74) is 7.33. The van der Waals surface area contributed by atoms with E-state index in [2.05, 4.69) is 0 Å². The van der Waals surface area contributed by atoms with Crippen LogP contribution in [-0.4, -0.2) is 36.5 Å². The lowest BCUT2D eigenvalue weighted by atomic mass is 9.84. The molecule has 182 valence electrons. The second-order valence-corrected chi connectivity index (χ2v) is 8.28. The van der Waals surface area contributed by atoms with Gasteiger partial charge >= 0.3 is 5.97 Å². The second kappa shape index (κ2) is 9.10. The van der Waals surface area contributed by atoms with Crippen LogP contribution in [0.25, 0.3) is 6.08 Å². The van der Waals surface area contributed by atoms with Gasteiger partial charge in [0.15, 0.2) is 23.9 Å². The van der Waals surface area contributed by atoms with E-state index in [1.807, 2.05) is 6.07 Å². The molecule has 3 aromatic carbocycles. The largest absolute Gasteiger partial charge is 0.504 e. The first-order chi connectivity index (χ1) is 17.3. The fourth-order valence-corrected chi connectivity index (χ4v) is 4.31. The van der Waals surface area contributed by atoms with E-state index >= 15 is 0 Å². The van der Waals surface area contributed by atoms with Gasteiger partial charge in [0.05, 0.1) is 19.1 Å². The van der Waals surface area contributed by atoms with Crippen molar-refractivity contribution < 1.29 is 38.4 Å². The van der Waals surface area contributed by atoms with Crippen molar-refractivity contribution in [3.8, 4) is 28.7 Å². The average Bonchev–Trinajstić information content (AvgIpc) is 3.17. The normalized spacial score (nSPS) is 17.1. The number of esters is 1. The van der Waals surface area contributed by atoms with Crippen LogP contribution in [0.1, 0.15) is 39.4 Å². The van der Waals surface area contributed by atoms with Gasteiger partial charge in [-0.05, 0) is 53.6 Å². The Morgan fingerprint density at radius 3 is 2.72 bits per heavy atom. The summed E-state index contributed by atoms with van der Waals surface area (Å²) in [5.74, 6) is -0.531. The molecule has 1 atom stereocenters. The number of carbonyl (C=O) groups is 3. The van der Waals surface area contributed by atoms with E-state index in [9.17, 15) is 19.5 Å². The Hall–Kier alpha value is -4.79. The first-order valence-electron chi connectivity index (χ1n) is 11.0. The van der Waals surface area contributed by atoms with Gasteiger partial charge in [0.2, 0.25) is 5.78 Å². The van der Waals surface area contributed by atoms with Crippen LogP contribution in [0.4, 0.5) is 0 Å². The van der Waals surface area contributed by atoms with Crippen molar-refractivity contribution in [2.24, 2.45) is 5.73 Å². The van der Waals surface area contributed by atoms with E-state index < -0.39 is 17.8 Å². The molecule has 9 nitrogen and oxygen atoms in total. The number of fused-ring (bicyclic) bond motifs is 3. The molecule has 9 heteroatoms. The summed E-state index contributed by atoms with van der Waals surface area (Å²) in [5, 5.41) is 10.1. The van der Waals surface area contributed by atoms with E-state index in [1.165, 1.54) is 19.3 Å². The zero-order chi connectivity index (χ0) is 25.4. The molecule has 3 N–H and O–H groups in total. The number of aromatic hydroxyl groups is 1. The van der Waals surface area contributed by atoms with Gasteiger partial charge in [0.1, 0.15) is 17.2 Å². The molecule has 0 unspecified atom stereocenters. The number of primary amides is 1. The molecule has 0 fully saturated rings. The standard InChI is InChI=1S/C27H21NO8/c1-33-20-7-5-14(9-19(20)29)10-22-26(32)17-6-8-21-25(27(17)36-22)18(12-24(31)35-21)15-3-2-4-16(11-15)34-13-23(28)30/h2-11,18,29H,12-13H2,1H3,(H2,28,30)/b22-10-/t18-/m1/s1. The zero-order valence-electron chi connectivity index (χ0n) is 19.1. The van der Waals surface area contributed by atoms with Gasteiger partial charge in [-0.15, -0.1) is 0 Å². The average molecular weight is 487 g/mol. The van der Waals surface area contributed by atoms with Crippen molar-refractivity contribution in [3.63, 3.8) is 0 Å². The Morgan fingerprint density at radius 1 is 1.14 bits per heavy atom. The first-order valence-corrected chi connectivity index (χ1v) is 11.0. The molecular weight excluding hydrogens is 466 g/mol. The second-order valence-electron chi connectivity index (χ2n) is 8.28. The minimum atomic E-state index is -0.610. The fraction of sp³-hybridized carbons (Fsp3) is 0.148. The summed E-state index contributed by atoms with van der Waals surface area (Å²) < 4.78 is 22.0. The topological polar surface area (TPSA) is 134 Å². The Bertz CT molecular complexity index is 1440. The van der Waals surface area contributed by atoms with Crippen LogP contribution < -0.4 is 24.7 Å². The molecule has 0 saturated carbocycles. The quantitative estimate of drug-likeness (QED) is 0.307. The van der Waals surface area contributed by atoms with E-state index in [-0.39, 0.29) is 30.3 Å². The number of hydrogen-bond acceptors (Lipinski definition) is 8. The van der Waals surface area contributed by atoms with Crippen LogP contribution in [0.15, 0.2) is 60.4 Å². The van der Waals surface area contributed by atoms with Gasteiger partial charge < -0.3 is 29.8 Å². The van der Waals surface area contributed by atoms with Crippen LogP contribution in [0.2, 0.25) is 0 Å². The number of nitrogens with two attached hydrogens (primary N) is 1. The van der Waals surface area contributed by atoms with E-state index in [4.69, 9.17) is 24.7 Å². The molecule has 2 aliphatic heterocycles. The molecule has 2 aliphatic rings. The SMILES string of the molecule is COc1ccc(/C=C2\Oc3c(ccc4c3[C@@H](c3cccc(OCC(N)=O)c3)CC(=O)O4)C2=O)cc1O. The predicted molar refractivity (Wildman–Crippen MR) is 127 cm³/mol. The highest BCUT2D eigenvalue weighted by atomic mass is 16.5. The van der Waals surface area contributed by atoms with Gasteiger partial charge in [0, 0.05) is 11.5 Å². The summed E-state index contributed by atoms with van der Waals surface area (Å²) in [6.45, 7) is -0.283. The number of benzene rings is 3. The van der Waals surface area contributed by atoms with Gasteiger partial charge in [-0.25, -0.2) is 0 Å². The minimum absolute atomic E-state index is 0.0195. The molecule has 0 bridgehead atoms. The van der Waals surface area contributed by atoms with E-state index in [0.717, 1.165) is 5.56 Å². The number of amides is 1. The summed E-state index contributed by atoms with van der Waals surface area (Å²) in [4.78, 5) is 36.6. The number of phenols is 1. The van der Waals surface area contributed by atoms with Crippen molar-refractivity contribution in [1.29, 1.82) is 0 Å². The molecule has 0 saturated heterocycles. The number of hydrogen-bond donors (Lipinski definition) is 2. The number of carbonyl (C=O) groups excluding carboxylic acids is 3. The van der Waals surface area contributed by atoms with Gasteiger partial charge in [-0.3, -0.25) is 14.4 Å². The highest BCUT2D eigenvalue weighted by molar-refractivity contribution is 6.15. The van der Waals surface area contributed by atoms with Gasteiger partial charge in [0.25, 0.3) is 5.91 Å². The van der Waals surface area contributed by atoms with Gasteiger partial charge in [-0.2, -0.15) is 0 Å². The van der Waals surface area contributed by atoms with Crippen molar-refractivity contribution in [2.45, 2.75) is 12.3 Å². The van der Waals surface area contributed by atoms with E-state index in [0.29, 0.717) is 39.7 Å². The van der Waals surface area contributed by atoms with Crippen LogP contribution in [0.3, 0.4) is 0 Å². The minimum Gasteiger partial charge on any atom is -0.504 e.